The predicted octanol–water partition coefficient (Wildman–Crippen LogP) is 5.33. The fourth-order valence-electron chi connectivity index (χ4n) is 2.84. The van der Waals surface area contributed by atoms with Gasteiger partial charge in [-0.3, -0.25) is 4.79 Å². The molecule has 0 radical (unpaired) electrons. The van der Waals surface area contributed by atoms with Crippen molar-refractivity contribution in [1.29, 1.82) is 0 Å². The van der Waals surface area contributed by atoms with Crippen molar-refractivity contribution in [3.8, 4) is 11.5 Å². The van der Waals surface area contributed by atoms with Gasteiger partial charge in [-0.25, -0.2) is 0 Å². The lowest BCUT2D eigenvalue weighted by atomic mass is 10.1. The van der Waals surface area contributed by atoms with Crippen LogP contribution in [0.1, 0.15) is 21.5 Å². The second-order valence-electron chi connectivity index (χ2n) is 6.27. The lowest BCUT2D eigenvalue weighted by molar-refractivity contribution is 0.0781. The van der Waals surface area contributed by atoms with E-state index in [2.05, 4.69) is 16.8 Å². The molecule has 1 amide bonds. The Bertz CT molecular complexity index is 925. The number of nitrogens with zero attached hydrogens (tertiary/aromatic N) is 1. The second-order valence-corrected chi connectivity index (χ2v) is 8.06. The van der Waals surface area contributed by atoms with Crippen LogP contribution in [0.15, 0.2) is 64.2 Å². The molecule has 4 nitrogen and oxygen atoms in total. The number of thiophene rings is 1. The molecule has 0 fully saturated rings. The summed E-state index contributed by atoms with van der Waals surface area (Å²) in [6, 6.07) is 15.6. The van der Waals surface area contributed by atoms with Crippen molar-refractivity contribution in [3.05, 3.63) is 76.0 Å². The highest BCUT2D eigenvalue weighted by Crippen LogP contribution is 2.30. The molecule has 2 aromatic carbocycles. The number of benzene rings is 2. The molecule has 0 bridgehead atoms. The molecule has 6 heteroatoms. The number of methoxy groups -OCH3 is 2. The van der Waals surface area contributed by atoms with Gasteiger partial charge in [-0.05, 0) is 52.2 Å². The van der Waals surface area contributed by atoms with E-state index in [-0.39, 0.29) is 5.91 Å². The first-order valence-electron chi connectivity index (χ1n) is 8.81. The summed E-state index contributed by atoms with van der Waals surface area (Å²) < 4.78 is 10.6. The summed E-state index contributed by atoms with van der Waals surface area (Å²) in [5.41, 5.74) is 2.98. The minimum atomic E-state index is 0.00297. The van der Waals surface area contributed by atoms with Crippen LogP contribution in [0.5, 0.6) is 11.5 Å². The Morgan fingerprint density at radius 3 is 2.54 bits per heavy atom. The van der Waals surface area contributed by atoms with E-state index >= 15 is 0 Å². The van der Waals surface area contributed by atoms with Gasteiger partial charge in [0.1, 0.15) is 0 Å². The summed E-state index contributed by atoms with van der Waals surface area (Å²) in [6.45, 7) is 0.489. The first-order valence-corrected chi connectivity index (χ1v) is 10.7. The van der Waals surface area contributed by atoms with Crippen LogP contribution < -0.4 is 9.47 Å². The SMILES string of the molecule is COc1ccc(CN(C)C(=O)c2ccccc2SCc2ccsc2)cc1OC. The quantitative estimate of drug-likeness (QED) is 0.468. The molecule has 0 aliphatic heterocycles. The highest BCUT2D eigenvalue weighted by atomic mass is 32.2. The molecule has 0 saturated carbocycles. The van der Waals surface area contributed by atoms with Crippen molar-refractivity contribution in [3.63, 3.8) is 0 Å². The third-order valence-electron chi connectivity index (χ3n) is 4.31. The molecular formula is C22H23NO3S2. The molecule has 0 unspecified atom stereocenters. The molecule has 28 heavy (non-hydrogen) atoms. The average Bonchev–Trinajstić information content (AvgIpc) is 3.25. The van der Waals surface area contributed by atoms with Gasteiger partial charge < -0.3 is 14.4 Å². The molecule has 0 N–H and O–H groups in total. The van der Waals surface area contributed by atoms with Crippen LogP contribution in [0, 0.1) is 0 Å². The lowest BCUT2D eigenvalue weighted by Crippen LogP contribution is -2.26. The smallest absolute Gasteiger partial charge is 0.255 e. The number of amides is 1. The van der Waals surface area contributed by atoms with Crippen LogP contribution in [-0.4, -0.2) is 32.1 Å². The van der Waals surface area contributed by atoms with E-state index in [9.17, 15) is 4.79 Å². The monoisotopic (exact) mass is 413 g/mol. The maximum Gasteiger partial charge on any atom is 0.255 e. The van der Waals surface area contributed by atoms with Crippen LogP contribution in [0.2, 0.25) is 0 Å². The van der Waals surface area contributed by atoms with Crippen molar-refractivity contribution < 1.29 is 14.3 Å². The molecule has 1 aromatic heterocycles. The normalized spacial score (nSPS) is 10.5. The molecule has 0 saturated heterocycles. The van der Waals surface area contributed by atoms with E-state index in [0.717, 1.165) is 21.8 Å². The fraction of sp³-hybridized carbons (Fsp3) is 0.227. The molecule has 3 rings (SSSR count). The standard InChI is InChI=1S/C22H23NO3S2/c1-23(13-16-8-9-19(25-2)20(12-16)26-3)22(24)18-6-4-5-7-21(18)28-15-17-10-11-27-14-17/h4-12,14H,13,15H2,1-3H3. The largest absolute Gasteiger partial charge is 0.493 e. The topological polar surface area (TPSA) is 38.8 Å². The summed E-state index contributed by atoms with van der Waals surface area (Å²) in [5.74, 6) is 2.19. The summed E-state index contributed by atoms with van der Waals surface area (Å²) in [7, 11) is 5.04. The van der Waals surface area contributed by atoms with Gasteiger partial charge in [0.25, 0.3) is 5.91 Å². The number of carbonyl (C=O) groups excluding carboxylic acids is 1. The first-order chi connectivity index (χ1) is 13.6. The Balaban J connectivity index is 1.73. The number of hydrogen-bond acceptors (Lipinski definition) is 5. The van der Waals surface area contributed by atoms with Gasteiger partial charge in [0.15, 0.2) is 11.5 Å². The first kappa shape index (κ1) is 20.3. The Morgan fingerprint density at radius 1 is 1.04 bits per heavy atom. The zero-order chi connectivity index (χ0) is 19.9. The number of rotatable bonds is 8. The second kappa shape index (κ2) is 9.66. The summed E-state index contributed by atoms with van der Waals surface area (Å²) >= 11 is 3.38. The molecule has 0 spiro atoms. The maximum absolute atomic E-state index is 13.1. The van der Waals surface area contributed by atoms with Crippen LogP contribution >= 0.6 is 23.1 Å². The third-order valence-corrected chi connectivity index (χ3v) is 6.18. The fourth-order valence-corrected chi connectivity index (χ4v) is 4.60. The molecule has 0 aliphatic carbocycles. The molecule has 0 atom stereocenters. The predicted molar refractivity (Wildman–Crippen MR) is 116 cm³/mol. The van der Waals surface area contributed by atoms with Crippen molar-refractivity contribution in [2.45, 2.75) is 17.2 Å². The Hall–Kier alpha value is -2.44. The van der Waals surface area contributed by atoms with Crippen molar-refractivity contribution >= 4 is 29.0 Å². The zero-order valence-electron chi connectivity index (χ0n) is 16.2. The van der Waals surface area contributed by atoms with Gasteiger partial charge in [0, 0.05) is 24.2 Å². The zero-order valence-corrected chi connectivity index (χ0v) is 17.8. The number of thioether (sulfide) groups is 1. The van der Waals surface area contributed by atoms with Gasteiger partial charge >= 0.3 is 0 Å². The molecule has 1 heterocycles. The van der Waals surface area contributed by atoms with Crippen LogP contribution in [0.4, 0.5) is 0 Å². The Morgan fingerprint density at radius 2 is 1.82 bits per heavy atom. The highest BCUT2D eigenvalue weighted by molar-refractivity contribution is 7.98. The van der Waals surface area contributed by atoms with Crippen LogP contribution in [0.25, 0.3) is 0 Å². The van der Waals surface area contributed by atoms with Crippen molar-refractivity contribution in [1.82, 2.24) is 4.90 Å². The third kappa shape index (κ3) is 4.88. The van der Waals surface area contributed by atoms with Gasteiger partial charge in [-0.15, -0.1) is 11.8 Å². The van der Waals surface area contributed by atoms with E-state index in [1.807, 2.05) is 49.5 Å². The van der Waals surface area contributed by atoms with E-state index in [1.165, 1.54) is 5.56 Å². The van der Waals surface area contributed by atoms with Gasteiger partial charge in [-0.1, -0.05) is 18.2 Å². The van der Waals surface area contributed by atoms with Gasteiger partial charge in [0.05, 0.1) is 19.8 Å². The lowest BCUT2D eigenvalue weighted by Gasteiger charge is -2.20. The minimum absolute atomic E-state index is 0.00297. The average molecular weight is 414 g/mol. The van der Waals surface area contributed by atoms with E-state index in [1.54, 1.807) is 42.2 Å². The number of ether oxygens (including phenoxy) is 2. The van der Waals surface area contributed by atoms with Gasteiger partial charge in [-0.2, -0.15) is 11.3 Å². The maximum atomic E-state index is 13.1. The van der Waals surface area contributed by atoms with E-state index < -0.39 is 0 Å². The Labute approximate surface area is 174 Å². The van der Waals surface area contributed by atoms with Crippen LogP contribution in [0.3, 0.4) is 0 Å². The minimum Gasteiger partial charge on any atom is -0.493 e. The van der Waals surface area contributed by atoms with Crippen molar-refractivity contribution in [2.75, 3.05) is 21.3 Å². The molecule has 3 aromatic rings. The number of hydrogen-bond donors (Lipinski definition) is 0. The van der Waals surface area contributed by atoms with E-state index in [4.69, 9.17) is 9.47 Å². The summed E-state index contributed by atoms with van der Waals surface area (Å²) in [4.78, 5) is 15.8. The number of carbonyl (C=O) groups is 1. The Kier molecular flexibility index (Phi) is 7.01. The van der Waals surface area contributed by atoms with E-state index in [0.29, 0.717) is 18.0 Å². The molecule has 146 valence electrons. The van der Waals surface area contributed by atoms with Crippen LogP contribution in [-0.2, 0) is 12.3 Å². The van der Waals surface area contributed by atoms with Crippen molar-refractivity contribution in [2.24, 2.45) is 0 Å². The summed E-state index contributed by atoms with van der Waals surface area (Å²) in [6.07, 6.45) is 0. The molecule has 0 aliphatic rings. The van der Waals surface area contributed by atoms with Gasteiger partial charge in [0.2, 0.25) is 0 Å². The highest BCUT2D eigenvalue weighted by Gasteiger charge is 2.17. The summed E-state index contributed by atoms with van der Waals surface area (Å²) in [5, 5.41) is 4.21. The molecular weight excluding hydrogens is 390 g/mol.